The Morgan fingerprint density at radius 2 is 2.00 bits per heavy atom. The highest BCUT2D eigenvalue weighted by atomic mass is 16.5. The molecule has 1 heterocycles. The molecule has 1 saturated carbocycles. The van der Waals surface area contributed by atoms with E-state index in [1.807, 2.05) is 12.2 Å². The van der Waals surface area contributed by atoms with Gasteiger partial charge in [0.05, 0.1) is 12.2 Å². The molecule has 0 aromatic rings. The first kappa shape index (κ1) is 19.2. The van der Waals surface area contributed by atoms with Gasteiger partial charge in [-0.3, -0.25) is 4.79 Å². The fraction of sp³-hybridized carbons (Fsp3) is 0.750. The Hall–Kier alpha value is -1.13. The van der Waals surface area contributed by atoms with Gasteiger partial charge in [-0.1, -0.05) is 38.0 Å². The molecule has 0 aromatic carbocycles. The monoisotopic (exact) mass is 336 g/mol. The lowest BCUT2D eigenvalue weighted by Gasteiger charge is -2.20. The number of rotatable bonds is 4. The summed E-state index contributed by atoms with van der Waals surface area (Å²) in [6.07, 6.45) is 14.2. The van der Waals surface area contributed by atoms with Gasteiger partial charge in [-0.05, 0) is 44.1 Å². The zero-order valence-corrected chi connectivity index (χ0v) is 14.8. The van der Waals surface area contributed by atoms with Crippen molar-refractivity contribution >= 4 is 5.97 Å². The standard InChI is InChI=1S/C20H32O4/c1-2-3-6-9-15-12-13-17-16(18(21)14-19(17)22)10-7-4-5-8-11-20(23)24-15/h4,7,12-13,15-19,21-22H,2-3,5-6,8-11,14H2,1H3/b7-4-,13-12+/t15-,16+,17-,18-,19+/m0/s1. The molecule has 0 saturated heterocycles. The Morgan fingerprint density at radius 3 is 2.79 bits per heavy atom. The van der Waals surface area contributed by atoms with Crippen molar-refractivity contribution in [3.8, 4) is 0 Å². The SMILES string of the molecule is CCCCC[C@H]1/C=C/[C@H]2[C@@H](C/C=C\CCCC(=O)O1)[C@@H](O)C[C@H]2O. The summed E-state index contributed by atoms with van der Waals surface area (Å²) in [6.45, 7) is 2.15. The van der Waals surface area contributed by atoms with E-state index in [-0.39, 0.29) is 23.9 Å². The number of carbonyl (C=O) groups is 1. The van der Waals surface area contributed by atoms with Crippen molar-refractivity contribution in [2.45, 2.75) is 83.0 Å². The molecule has 0 radical (unpaired) electrons. The Bertz CT molecular complexity index is 443. The summed E-state index contributed by atoms with van der Waals surface area (Å²) in [5.41, 5.74) is 0. The number of ether oxygens (including phenoxy) is 1. The van der Waals surface area contributed by atoms with Gasteiger partial charge in [0.25, 0.3) is 0 Å². The van der Waals surface area contributed by atoms with Gasteiger partial charge < -0.3 is 14.9 Å². The summed E-state index contributed by atoms with van der Waals surface area (Å²) < 4.78 is 5.63. The van der Waals surface area contributed by atoms with Gasteiger partial charge in [0, 0.05) is 18.8 Å². The van der Waals surface area contributed by atoms with Crippen LogP contribution in [0, 0.1) is 11.8 Å². The van der Waals surface area contributed by atoms with Crippen LogP contribution in [-0.2, 0) is 9.53 Å². The fourth-order valence-electron chi connectivity index (χ4n) is 3.71. The number of hydrogen-bond acceptors (Lipinski definition) is 4. The lowest BCUT2D eigenvalue weighted by atomic mass is 9.89. The van der Waals surface area contributed by atoms with E-state index in [2.05, 4.69) is 19.1 Å². The predicted molar refractivity (Wildman–Crippen MR) is 94.4 cm³/mol. The molecule has 1 aliphatic carbocycles. The molecule has 1 fully saturated rings. The Kier molecular flexibility index (Phi) is 8.00. The van der Waals surface area contributed by atoms with E-state index in [1.54, 1.807) is 0 Å². The normalized spacial score (nSPS) is 37.5. The summed E-state index contributed by atoms with van der Waals surface area (Å²) in [4.78, 5) is 12.0. The van der Waals surface area contributed by atoms with Crippen LogP contribution in [0.2, 0.25) is 0 Å². The lowest BCUT2D eigenvalue weighted by molar-refractivity contribution is -0.147. The summed E-state index contributed by atoms with van der Waals surface area (Å²) in [6, 6.07) is 0. The summed E-state index contributed by atoms with van der Waals surface area (Å²) >= 11 is 0. The summed E-state index contributed by atoms with van der Waals surface area (Å²) in [5, 5.41) is 20.5. The molecule has 0 spiro atoms. The van der Waals surface area contributed by atoms with Crippen LogP contribution in [-0.4, -0.2) is 34.5 Å². The van der Waals surface area contributed by atoms with Gasteiger partial charge in [-0.25, -0.2) is 0 Å². The van der Waals surface area contributed by atoms with E-state index in [0.717, 1.165) is 44.9 Å². The maximum absolute atomic E-state index is 12.0. The summed E-state index contributed by atoms with van der Waals surface area (Å²) in [5.74, 6) is -0.171. The van der Waals surface area contributed by atoms with Crippen LogP contribution >= 0.6 is 0 Å². The third kappa shape index (κ3) is 5.75. The zero-order valence-electron chi connectivity index (χ0n) is 14.8. The fourth-order valence-corrected chi connectivity index (χ4v) is 3.71. The molecule has 0 bridgehead atoms. The number of esters is 1. The molecular weight excluding hydrogens is 304 g/mol. The number of aliphatic hydroxyl groups is 2. The van der Waals surface area contributed by atoms with Gasteiger partial charge >= 0.3 is 5.97 Å². The highest BCUT2D eigenvalue weighted by Gasteiger charge is 2.39. The van der Waals surface area contributed by atoms with E-state index >= 15 is 0 Å². The average Bonchev–Trinajstić information content (AvgIpc) is 2.81. The second-order valence-corrected chi connectivity index (χ2v) is 7.12. The van der Waals surface area contributed by atoms with Gasteiger partial charge in [-0.15, -0.1) is 0 Å². The molecule has 2 aliphatic rings. The van der Waals surface area contributed by atoms with Crippen molar-refractivity contribution in [2.75, 3.05) is 0 Å². The number of hydrogen-bond donors (Lipinski definition) is 2. The third-order valence-corrected chi connectivity index (χ3v) is 5.17. The second-order valence-electron chi connectivity index (χ2n) is 7.12. The molecular formula is C20H32O4. The molecule has 24 heavy (non-hydrogen) atoms. The first-order valence-corrected chi connectivity index (χ1v) is 9.50. The molecule has 2 rings (SSSR count). The van der Waals surface area contributed by atoms with Crippen LogP contribution in [0.3, 0.4) is 0 Å². The number of fused-ring (bicyclic) bond motifs is 1. The number of aliphatic hydroxyl groups excluding tert-OH is 2. The van der Waals surface area contributed by atoms with Crippen LogP contribution in [0.4, 0.5) is 0 Å². The van der Waals surface area contributed by atoms with Crippen molar-refractivity contribution in [1.82, 2.24) is 0 Å². The smallest absolute Gasteiger partial charge is 0.306 e. The second kappa shape index (κ2) is 10.00. The highest BCUT2D eigenvalue weighted by molar-refractivity contribution is 5.69. The first-order chi connectivity index (χ1) is 11.6. The van der Waals surface area contributed by atoms with Gasteiger partial charge in [0.2, 0.25) is 0 Å². The molecule has 5 atom stereocenters. The lowest BCUT2D eigenvalue weighted by Crippen LogP contribution is -2.21. The maximum Gasteiger partial charge on any atom is 0.306 e. The largest absolute Gasteiger partial charge is 0.458 e. The quantitative estimate of drug-likeness (QED) is 0.468. The van der Waals surface area contributed by atoms with Crippen LogP contribution in [0.15, 0.2) is 24.3 Å². The molecule has 0 unspecified atom stereocenters. The number of unbranched alkanes of at least 4 members (excludes halogenated alkanes) is 2. The molecule has 4 nitrogen and oxygen atoms in total. The molecule has 2 N–H and O–H groups in total. The Morgan fingerprint density at radius 1 is 1.17 bits per heavy atom. The third-order valence-electron chi connectivity index (χ3n) is 5.17. The molecule has 0 aromatic heterocycles. The molecule has 0 amide bonds. The van der Waals surface area contributed by atoms with Crippen LogP contribution in [0.1, 0.15) is 64.7 Å². The number of carbonyl (C=O) groups excluding carboxylic acids is 1. The Labute approximate surface area is 145 Å². The minimum atomic E-state index is -0.522. The molecule has 4 heteroatoms. The summed E-state index contributed by atoms with van der Waals surface area (Å²) in [7, 11) is 0. The van der Waals surface area contributed by atoms with Gasteiger partial charge in [0.1, 0.15) is 6.10 Å². The molecule has 136 valence electrons. The van der Waals surface area contributed by atoms with E-state index in [4.69, 9.17) is 4.74 Å². The van der Waals surface area contributed by atoms with E-state index in [1.165, 1.54) is 0 Å². The van der Waals surface area contributed by atoms with Crippen LogP contribution in [0.25, 0.3) is 0 Å². The van der Waals surface area contributed by atoms with E-state index in [0.29, 0.717) is 12.8 Å². The first-order valence-electron chi connectivity index (χ1n) is 9.50. The van der Waals surface area contributed by atoms with E-state index in [9.17, 15) is 15.0 Å². The average molecular weight is 336 g/mol. The minimum Gasteiger partial charge on any atom is -0.458 e. The highest BCUT2D eigenvalue weighted by Crippen LogP contribution is 2.36. The van der Waals surface area contributed by atoms with Crippen molar-refractivity contribution < 1.29 is 19.7 Å². The zero-order chi connectivity index (χ0) is 17.4. The van der Waals surface area contributed by atoms with Crippen LogP contribution in [0.5, 0.6) is 0 Å². The predicted octanol–water partition coefficient (Wildman–Crippen LogP) is 3.52. The van der Waals surface area contributed by atoms with Crippen molar-refractivity contribution in [1.29, 1.82) is 0 Å². The van der Waals surface area contributed by atoms with E-state index < -0.39 is 12.2 Å². The number of allylic oxidation sites excluding steroid dienone is 2. The van der Waals surface area contributed by atoms with Crippen molar-refractivity contribution in [3.63, 3.8) is 0 Å². The van der Waals surface area contributed by atoms with Gasteiger partial charge in [-0.2, -0.15) is 0 Å². The Balaban J connectivity index is 2.10. The minimum absolute atomic E-state index is 0.0419. The number of cyclic esters (lactones) is 1. The van der Waals surface area contributed by atoms with Crippen LogP contribution < -0.4 is 0 Å². The van der Waals surface area contributed by atoms with Gasteiger partial charge in [0.15, 0.2) is 0 Å². The van der Waals surface area contributed by atoms with Crippen molar-refractivity contribution in [3.05, 3.63) is 24.3 Å². The topological polar surface area (TPSA) is 66.8 Å². The maximum atomic E-state index is 12.0. The molecule has 1 aliphatic heterocycles. The van der Waals surface area contributed by atoms with Crippen molar-refractivity contribution in [2.24, 2.45) is 11.8 Å².